The quantitative estimate of drug-likeness (QED) is 0.893. The van der Waals surface area contributed by atoms with Gasteiger partial charge in [-0.2, -0.15) is 0 Å². The lowest BCUT2D eigenvalue weighted by atomic mass is 10.1. The molecule has 18 heavy (non-hydrogen) atoms. The molecule has 1 saturated heterocycles. The van der Waals surface area contributed by atoms with Gasteiger partial charge in [-0.1, -0.05) is 12.1 Å². The third-order valence-electron chi connectivity index (χ3n) is 3.40. The van der Waals surface area contributed by atoms with Gasteiger partial charge in [-0.3, -0.25) is 0 Å². The van der Waals surface area contributed by atoms with Crippen LogP contribution in [0.25, 0.3) is 10.9 Å². The molecule has 3 nitrogen and oxygen atoms in total. The maximum absolute atomic E-state index is 5.59. The van der Waals surface area contributed by atoms with E-state index in [4.69, 9.17) is 4.74 Å². The van der Waals surface area contributed by atoms with Gasteiger partial charge in [-0.05, 0) is 30.5 Å². The van der Waals surface area contributed by atoms with E-state index in [9.17, 15) is 0 Å². The fourth-order valence-electron chi connectivity index (χ4n) is 2.48. The number of nitrogens with one attached hydrogen (secondary N) is 2. The highest BCUT2D eigenvalue weighted by atomic mass is 35.5. The van der Waals surface area contributed by atoms with Crippen LogP contribution < -0.4 is 5.32 Å². The highest BCUT2D eigenvalue weighted by molar-refractivity contribution is 5.85. The number of hydrogen-bond acceptors (Lipinski definition) is 2. The average Bonchev–Trinajstić information content (AvgIpc) is 2.99. The number of H-pyrrole nitrogens is 1. The molecule has 0 bridgehead atoms. The van der Waals surface area contributed by atoms with Gasteiger partial charge in [0.1, 0.15) is 0 Å². The molecule has 1 aliphatic heterocycles. The average molecular weight is 267 g/mol. The van der Waals surface area contributed by atoms with E-state index in [1.807, 2.05) is 6.20 Å². The molecule has 1 aromatic heterocycles. The van der Waals surface area contributed by atoms with Gasteiger partial charge in [0.2, 0.25) is 0 Å². The Labute approximate surface area is 113 Å². The van der Waals surface area contributed by atoms with Crippen molar-refractivity contribution in [3.63, 3.8) is 0 Å². The standard InChI is InChI=1S/C14H18N2O.ClH/c1-3-11(13-6-7-16-14(13)5-1)9-15-10-12-4-2-8-17-12;/h1,3,5-7,12,15-16H,2,4,8-10H2;1H. The van der Waals surface area contributed by atoms with Crippen molar-refractivity contribution in [3.05, 3.63) is 36.0 Å². The zero-order valence-corrected chi connectivity index (χ0v) is 11.1. The van der Waals surface area contributed by atoms with Crippen molar-refractivity contribution in [3.8, 4) is 0 Å². The first-order valence-electron chi connectivity index (χ1n) is 6.31. The Morgan fingerprint density at radius 3 is 3.11 bits per heavy atom. The van der Waals surface area contributed by atoms with Crippen molar-refractivity contribution in [2.75, 3.05) is 13.2 Å². The van der Waals surface area contributed by atoms with Crippen LogP contribution in [-0.2, 0) is 11.3 Å². The van der Waals surface area contributed by atoms with Crippen molar-refractivity contribution in [1.82, 2.24) is 10.3 Å². The van der Waals surface area contributed by atoms with Crippen LogP contribution in [0.15, 0.2) is 30.5 Å². The van der Waals surface area contributed by atoms with Gasteiger partial charge in [-0.15, -0.1) is 12.4 Å². The normalized spacial score (nSPS) is 19.0. The fraction of sp³-hybridized carbons (Fsp3) is 0.429. The second-order valence-corrected chi connectivity index (χ2v) is 4.62. The first kappa shape index (κ1) is 13.4. The minimum Gasteiger partial charge on any atom is -0.377 e. The van der Waals surface area contributed by atoms with Crippen molar-refractivity contribution in [2.45, 2.75) is 25.5 Å². The summed E-state index contributed by atoms with van der Waals surface area (Å²) >= 11 is 0. The van der Waals surface area contributed by atoms with Crippen molar-refractivity contribution < 1.29 is 4.74 Å². The predicted octanol–water partition coefficient (Wildman–Crippen LogP) is 2.86. The lowest BCUT2D eigenvalue weighted by Gasteiger charge is -2.11. The molecule has 1 fully saturated rings. The fourth-order valence-corrected chi connectivity index (χ4v) is 2.48. The van der Waals surface area contributed by atoms with Crippen molar-refractivity contribution in [1.29, 1.82) is 0 Å². The van der Waals surface area contributed by atoms with E-state index >= 15 is 0 Å². The van der Waals surface area contributed by atoms with Gasteiger partial charge >= 0.3 is 0 Å². The summed E-state index contributed by atoms with van der Waals surface area (Å²) in [7, 11) is 0. The summed E-state index contributed by atoms with van der Waals surface area (Å²) < 4.78 is 5.59. The van der Waals surface area contributed by atoms with Crippen LogP contribution in [0.1, 0.15) is 18.4 Å². The molecule has 0 radical (unpaired) electrons. The SMILES string of the molecule is Cl.c1cc(CNCC2CCCO2)c2cc[nH]c2c1. The number of hydrogen-bond donors (Lipinski definition) is 2. The van der Waals surface area contributed by atoms with E-state index in [0.717, 1.165) is 19.7 Å². The van der Waals surface area contributed by atoms with Crippen LogP contribution in [0.2, 0.25) is 0 Å². The van der Waals surface area contributed by atoms with Crippen LogP contribution in [0.5, 0.6) is 0 Å². The predicted molar refractivity (Wildman–Crippen MR) is 76.2 cm³/mol. The van der Waals surface area contributed by atoms with Gasteiger partial charge in [0.05, 0.1) is 6.10 Å². The molecule has 2 heterocycles. The van der Waals surface area contributed by atoms with Crippen LogP contribution in [-0.4, -0.2) is 24.2 Å². The lowest BCUT2D eigenvalue weighted by Crippen LogP contribution is -2.25. The molecule has 0 saturated carbocycles. The number of rotatable bonds is 4. The third-order valence-corrected chi connectivity index (χ3v) is 3.40. The van der Waals surface area contributed by atoms with E-state index in [2.05, 4.69) is 34.6 Å². The zero-order valence-electron chi connectivity index (χ0n) is 10.3. The minimum atomic E-state index is 0. The minimum absolute atomic E-state index is 0. The molecule has 2 aromatic rings. The first-order chi connectivity index (χ1) is 8.43. The Balaban J connectivity index is 0.00000120. The summed E-state index contributed by atoms with van der Waals surface area (Å²) in [6, 6.07) is 8.53. The van der Waals surface area contributed by atoms with Gasteiger partial charge in [0.25, 0.3) is 0 Å². The Kier molecular flexibility index (Phi) is 4.64. The summed E-state index contributed by atoms with van der Waals surface area (Å²) in [6.07, 6.45) is 4.82. The number of aromatic nitrogens is 1. The van der Waals surface area contributed by atoms with Gasteiger partial charge in [0, 0.05) is 36.8 Å². The highest BCUT2D eigenvalue weighted by Crippen LogP contribution is 2.17. The van der Waals surface area contributed by atoms with Crippen molar-refractivity contribution in [2.24, 2.45) is 0 Å². The monoisotopic (exact) mass is 266 g/mol. The van der Waals surface area contributed by atoms with Crippen LogP contribution >= 0.6 is 12.4 Å². The molecule has 1 aromatic carbocycles. The number of ether oxygens (including phenoxy) is 1. The highest BCUT2D eigenvalue weighted by Gasteiger charge is 2.14. The molecule has 4 heteroatoms. The summed E-state index contributed by atoms with van der Waals surface area (Å²) in [5.74, 6) is 0. The smallest absolute Gasteiger partial charge is 0.0700 e. The summed E-state index contributed by atoms with van der Waals surface area (Å²) in [5, 5.41) is 4.80. The molecule has 0 aliphatic carbocycles. The lowest BCUT2D eigenvalue weighted by molar-refractivity contribution is 0.110. The summed E-state index contributed by atoms with van der Waals surface area (Å²) in [5.41, 5.74) is 2.56. The molecule has 98 valence electrons. The molecule has 1 unspecified atom stereocenters. The Morgan fingerprint density at radius 1 is 1.33 bits per heavy atom. The van der Waals surface area contributed by atoms with E-state index in [1.54, 1.807) is 0 Å². The molecular formula is C14H19ClN2O. The van der Waals surface area contributed by atoms with E-state index in [1.165, 1.54) is 29.3 Å². The zero-order chi connectivity index (χ0) is 11.5. The number of halogens is 1. The van der Waals surface area contributed by atoms with Gasteiger partial charge < -0.3 is 15.0 Å². The Bertz CT molecular complexity index is 491. The summed E-state index contributed by atoms with van der Waals surface area (Å²) in [6.45, 7) is 2.80. The van der Waals surface area contributed by atoms with Crippen LogP contribution in [0.4, 0.5) is 0 Å². The second-order valence-electron chi connectivity index (χ2n) is 4.62. The third kappa shape index (κ3) is 2.86. The maximum atomic E-state index is 5.59. The molecule has 0 amide bonds. The Morgan fingerprint density at radius 2 is 2.28 bits per heavy atom. The van der Waals surface area contributed by atoms with Crippen molar-refractivity contribution >= 4 is 23.3 Å². The summed E-state index contributed by atoms with van der Waals surface area (Å²) in [4.78, 5) is 3.24. The molecule has 0 spiro atoms. The topological polar surface area (TPSA) is 37.0 Å². The van der Waals surface area contributed by atoms with E-state index < -0.39 is 0 Å². The molecule has 3 rings (SSSR count). The van der Waals surface area contributed by atoms with Gasteiger partial charge in [0.15, 0.2) is 0 Å². The number of fused-ring (bicyclic) bond motifs is 1. The molecular weight excluding hydrogens is 248 g/mol. The number of aromatic amines is 1. The number of benzene rings is 1. The largest absolute Gasteiger partial charge is 0.377 e. The van der Waals surface area contributed by atoms with E-state index in [0.29, 0.717) is 6.10 Å². The maximum Gasteiger partial charge on any atom is 0.0700 e. The second kappa shape index (κ2) is 6.23. The molecule has 1 atom stereocenters. The van der Waals surface area contributed by atoms with E-state index in [-0.39, 0.29) is 12.4 Å². The Hall–Kier alpha value is -1.03. The van der Waals surface area contributed by atoms with Crippen LogP contribution in [0.3, 0.4) is 0 Å². The van der Waals surface area contributed by atoms with Gasteiger partial charge in [-0.25, -0.2) is 0 Å². The molecule has 2 N–H and O–H groups in total. The van der Waals surface area contributed by atoms with Crippen LogP contribution in [0, 0.1) is 0 Å². The molecule has 1 aliphatic rings. The first-order valence-corrected chi connectivity index (χ1v) is 6.31.